The van der Waals surface area contributed by atoms with Gasteiger partial charge < -0.3 is 10.2 Å². The number of aromatic nitrogens is 1. The number of hydrogen-bond acceptors (Lipinski definition) is 3. The Morgan fingerprint density at radius 3 is 2.57 bits per heavy atom. The standard InChI is InChI=1S/C17H19N3O/c21-17(19-15-7-3-1-4-8-15)14-11-16(13-18-12-14)20-9-5-2-6-10-20/h1,3-4,7-8,11-13H,2,5-6,9-10H2,(H,19,21). The Kier molecular flexibility index (Phi) is 4.15. The average molecular weight is 281 g/mol. The van der Waals surface area contributed by atoms with E-state index in [-0.39, 0.29) is 5.91 Å². The van der Waals surface area contributed by atoms with Crippen LogP contribution in [0.25, 0.3) is 0 Å². The molecule has 21 heavy (non-hydrogen) atoms. The van der Waals surface area contributed by atoms with Crippen LogP contribution < -0.4 is 10.2 Å². The quantitative estimate of drug-likeness (QED) is 0.938. The second kappa shape index (κ2) is 6.39. The van der Waals surface area contributed by atoms with Gasteiger partial charge in [0.1, 0.15) is 0 Å². The first-order valence-corrected chi connectivity index (χ1v) is 7.39. The molecule has 4 heteroatoms. The maximum Gasteiger partial charge on any atom is 0.257 e. The Bertz CT molecular complexity index is 606. The number of carbonyl (C=O) groups excluding carboxylic acids is 1. The fraction of sp³-hybridized carbons (Fsp3) is 0.294. The van der Waals surface area contributed by atoms with Gasteiger partial charge in [-0.25, -0.2) is 0 Å². The lowest BCUT2D eigenvalue weighted by Gasteiger charge is -2.28. The van der Waals surface area contributed by atoms with Gasteiger partial charge >= 0.3 is 0 Å². The summed E-state index contributed by atoms with van der Waals surface area (Å²) in [6.07, 6.45) is 7.16. The van der Waals surface area contributed by atoms with Gasteiger partial charge in [-0.2, -0.15) is 0 Å². The van der Waals surface area contributed by atoms with Gasteiger partial charge in [0, 0.05) is 25.0 Å². The molecule has 2 aromatic rings. The summed E-state index contributed by atoms with van der Waals surface area (Å²) in [6, 6.07) is 11.4. The molecule has 0 spiro atoms. The SMILES string of the molecule is O=C(Nc1ccccc1)c1cncc(N2CCCCC2)c1. The van der Waals surface area contributed by atoms with Crippen molar-refractivity contribution in [2.45, 2.75) is 19.3 Å². The van der Waals surface area contributed by atoms with E-state index in [0.29, 0.717) is 5.56 Å². The van der Waals surface area contributed by atoms with Gasteiger partial charge in [0.2, 0.25) is 0 Å². The van der Waals surface area contributed by atoms with E-state index in [4.69, 9.17) is 0 Å². The molecule has 0 unspecified atom stereocenters. The van der Waals surface area contributed by atoms with Crippen LogP contribution in [-0.2, 0) is 0 Å². The summed E-state index contributed by atoms with van der Waals surface area (Å²) in [6.45, 7) is 2.09. The van der Waals surface area contributed by atoms with E-state index in [9.17, 15) is 4.79 Å². The molecular weight excluding hydrogens is 262 g/mol. The van der Waals surface area contributed by atoms with Gasteiger partial charge in [0.25, 0.3) is 5.91 Å². The fourth-order valence-corrected chi connectivity index (χ4v) is 2.60. The van der Waals surface area contributed by atoms with Gasteiger partial charge in [-0.1, -0.05) is 18.2 Å². The maximum atomic E-state index is 12.3. The molecular formula is C17H19N3O. The van der Waals surface area contributed by atoms with Crippen molar-refractivity contribution < 1.29 is 4.79 Å². The molecule has 1 saturated heterocycles. The third-order valence-electron chi connectivity index (χ3n) is 3.74. The van der Waals surface area contributed by atoms with Crippen molar-refractivity contribution in [3.8, 4) is 0 Å². The zero-order chi connectivity index (χ0) is 14.5. The number of rotatable bonds is 3. The number of piperidine rings is 1. The summed E-state index contributed by atoms with van der Waals surface area (Å²) in [7, 11) is 0. The maximum absolute atomic E-state index is 12.3. The molecule has 2 heterocycles. The minimum absolute atomic E-state index is 0.118. The Balaban J connectivity index is 1.74. The summed E-state index contributed by atoms with van der Waals surface area (Å²) in [5.41, 5.74) is 2.43. The Labute approximate surface area is 124 Å². The molecule has 1 N–H and O–H groups in total. The van der Waals surface area contributed by atoms with Crippen molar-refractivity contribution in [2.24, 2.45) is 0 Å². The molecule has 1 aromatic carbocycles. The molecule has 1 amide bonds. The number of nitrogens with zero attached hydrogens (tertiary/aromatic N) is 2. The van der Waals surface area contributed by atoms with E-state index in [1.165, 1.54) is 19.3 Å². The Morgan fingerprint density at radius 1 is 1.05 bits per heavy atom. The highest BCUT2D eigenvalue weighted by Gasteiger charge is 2.13. The lowest BCUT2D eigenvalue weighted by Crippen LogP contribution is -2.29. The monoisotopic (exact) mass is 281 g/mol. The molecule has 4 nitrogen and oxygen atoms in total. The topological polar surface area (TPSA) is 45.2 Å². The number of pyridine rings is 1. The highest BCUT2D eigenvalue weighted by Crippen LogP contribution is 2.20. The van der Waals surface area contributed by atoms with Crippen LogP contribution in [0.4, 0.5) is 11.4 Å². The number of carbonyl (C=O) groups is 1. The first-order valence-electron chi connectivity index (χ1n) is 7.39. The summed E-state index contributed by atoms with van der Waals surface area (Å²) in [5.74, 6) is -0.118. The molecule has 0 atom stereocenters. The predicted octanol–water partition coefficient (Wildman–Crippen LogP) is 3.32. The van der Waals surface area contributed by atoms with Crippen LogP contribution in [0, 0.1) is 0 Å². The molecule has 1 aromatic heterocycles. The van der Waals surface area contributed by atoms with Gasteiger partial charge in [-0.15, -0.1) is 0 Å². The molecule has 1 fully saturated rings. The van der Waals surface area contributed by atoms with E-state index in [0.717, 1.165) is 24.5 Å². The largest absolute Gasteiger partial charge is 0.370 e. The van der Waals surface area contributed by atoms with Crippen LogP contribution in [-0.4, -0.2) is 24.0 Å². The molecule has 108 valence electrons. The highest BCUT2D eigenvalue weighted by atomic mass is 16.1. The summed E-state index contributed by atoms with van der Waals surface area (Å²) in [5, 5.41) is 2.89. The summed E-state index contributed by atoms with van der Waals surface area (Å²) >= 11 is 0. The van der Waals surface area contributed by atoms with E-state index in [2.05, 4.69) is 15.2 Å². The summed E-state index contributed by atoms with van der Waals surface area (Å²) in [4.78, 5) is 18.8. The zero-order valence-corrected chi connectivity index (χ0v) is 12.0. The van der Waals surface area contributed by atoms with Crippen molar-refractivity contribution in [3.05, 3.63) is 54.4 Å². The first-order chi connectivity index (χ1) is 10.3. The van der Waals surface area contributed by atoms with E-state index in [1.807, 2.05) is 42.6 Å². The van der Waals surface area contributed by atoms with E-state index in [1.54, 1.807) is 6.20 Å². The van der Waals surface area contributed by atoms with E-state index < -0.39 is 0 Å². The molecule has 0 radical (unpaired) electrons. The number of anilines is 2. The summed E-state index contributed by atoms with van der Waals surface area (Å²) < 4.78 is 0. The van der Waals surface area contributed by atoms with Crippen LogP contribution >= 0.6 is 0 Å². The minimum Gasteiger partial charge on any atom is -0.370 e. The molecule has 1 aliphatic heterocycles. The third kappa shape index (κ3) is 3.40. The lowest BCUT2D eigenvalue weighted by molar-refractivity contribution is 0.102. The number of amides is 1. The molecule has 1 aliphatic rings. The molecule has 0 bridgehead atoms. The number of hydrogen-bond donors (Lipinski definition) is 1. The lowest BCUT2D eigenvalue weighted by atomic mass is 10.1. The van der Waals surface area contributed by atoms with Crippen LogP contribution in [0.2, 0.25) is 0 Å². The Morgan fingerprint density at radius 2 is 1.81 bits per heavy atom. The smallest absolute Gasteiger partial charge is 0.257 e. The number of para-hydroxylation sites is 1. The Hall–Kier alpha value is -2.36. The average Bonchev–Trinajstić information content (AvgIpc) is 2.57. The number of benzene rings is 1. The third-order valence-corrected chi connectivity index (χ3v) is 3.74. The fourth-order valence-electron chi connectivity index (χ4n) is 2.60. The zero-order valence-electron chi connectivity index (χ0n) is 12.0. The minimum atomic E-state index is -0.118. The van der Waals surface area contributed by atoms with Gasteiger partial charge in [0.15, 0.2) is 0 Å². The van der Waals surface area contributed by atoms with Crippen molar-refractivity contribution in [1.82, 2.24) is 4.98 Å². The normalized spacial score (nSPS) is 14.8. The van der Waals surface area contributed by atoms with Gasteiger partial charge in [-0.3, -0.25) is 9.78 Å². The van der Waals surface area contributed by atoms with Crippen LogP contribution in [0.5, 0.6) is 0 Å². The molecule has 0 aliphatic carbocycles. The van der Waals surface area contributed by atoms with Crippen molar-refractivity contribution in [1.29, 1.82) is 0 Å². The van der Waals surface area contributed by atoms with Crippen LogP contribution in [0.1, 0.15) is 29.6 Å². The number of nitrogens with one attached hydrogen (secondary N) is 1. The molecule has 0 saturated carbocycles. The van der Waals surface area contributed by atoms with Gasteiger partial charge in [-0.05, 0) is 37.5 Å². The second-order valence-electron chi connectivity index (χ2n) is 5.30. The van der Waals surface area contributed by atoms with Crippen LogP contribution in [0.3, 0.4) is 0 Å². The second-order valence-corrected chi connectivity index (χ2v) is 5.30. The van der Waals surface area contributed by atoms with E-state index >= 15 is 0 Å². The van der Waals surface area contributed by atoms with Crippen molar-refractivity contribution in [3.63, 3.8) is 0 Å². The van der Waals surface area contributed by atoms with Crippen molar-refractivity contribution >= 4 is 17.3 Å². The van der Waals surface area contributed by atoms with Gasteiger partial charge in [0.05, 0.1) is 17.4 Å². The molecule has 3 rings (SSSR count). The van der Waals surface area contributed by atoms with Crippen LogP contribution in [0.15, 0.2) is 48.8 Å². The first kappa shape index (κ1) is 13.6. The van der Waals surface area contributed by atoms with Crippen molar-refractivity contribution in [2.75, 3.05) is 23.3 Å². The predicted molar refractivity (Wildman–Crippen MR) is 84.7 cm³/mol. The highest BCUT2D eigenvalue weighted by molar-refractivity contribution is 6.04.